The topological polar surface area (TPSA) is 51.2 Å². The monoisotopic (exact) mass is 286 g/mol. The van der Waals surface area contributed by atoms with Crippen molar-refractivity contribution in [3.8, 4) is 0 Å². The van der Waals surface area contributed by atoms with Gasteiger partial charge in [0.05, 0.1) is 13.0 Å². The van der Waals surface area contributed by atoms with Crippen molar-refractivity contribution in [1.82, 2.24) is 4.98 Å². The van der Waals surface area contributed by atoms with Crippen LogP contribution in [0.3, 0.4) is 0 Å². The Morgan fingerprint density at radius 2 is 2.38 bits per heavy atom. The molecule has 0 amide bonds. The molecule has 0 aromatic carbocycles. The molecule has 4 nitrogen and oxygen atoms in total. The van der Waals surface area contributed by atoms with Crippen LogP contribution in [0, 0.1) is 6.92 Å². The fourth-order valence-electron chi connectivity index (χ4n) is 1.24. The van der Waals surface area contributed by atoms with Gasteiger partial charge in [0.15, 0.2) is 0 Å². The number of ether oxygens (including phenoxy) is 1. The first-order valence-corrected chi connectivity index (χ1v) is 5.94. The van der Waals surface area contributed by atoms with Crippen LogP contribution in [0.25, 0.3) is 0 Å². The Kier molecular flexibility index (Phi) is 5.25. The first-order valence-electron chi connectivity index (χ1n) is 5.15. The smallest absolute Gasteiger partial charge is 0.307 e. The molecule has 88 valence electrons. The lowest BCUT2D eigenvalue weighted by molar-refractivity contribution is -0.142. The molecule has 0 spiro atoms. The normalized spacial score (nSPS) is 9.94. The minimum Gasteiger partial charge on any atom is -0.466 e. The van der Waals surface area contributed by atoms with Crippen molar-refractivity contribution < 1.29 is 9.53 Å². The maximum absolute atomic E-state index is 11.1. The largest absolute Gasteiger partial charge is 0.466 e. The molecule has 0 bridgehead atoms. The number of esters is 1. The predicted octanol–water partition coefficient (Wildman–Crippen LogP) is 2.52. The number of carbonyl (C=O) groups is 1. The molecule has 0 radical (unpaired) electrons. The zero-order chi connectivity index (χ0) is 12.0. The van der Waals surface area contributed by atoms with Gasteiger partial charge in [-0.05, 0) is 41.4 Å². The van der Waals surface area contributed by atoms with E-state index >= 15 is 0 Å². The van der Waals surface area contributed by atoms with Crippen LogP contribution in [-0.2, 0) is 9.53 Å². The van der Waals surface area contributed by atoms with Gasteiger partial charge in [-0.1, -0.05) is 0 Å². The number of nitrogens with one attached hydrogen (secondary N) is 1. The number of aryl methyl sites for hydroxylation is 1. The second-order valence-electron chi connectivity index (χ2n) is 3.30. The first-order chi connectivity index (χ1) is 7.63. The zero-order valence-electron chi connectivity index (χ0n) is 9.42. The number of halogens is 1. The number of hydrogen-bond acceptors (Lipinski definition) is 4. The molecule has 5 heteroatoms. The van der Waals surface area contributed by atoms with E-state index < -0.39 is 0 Å². The van der Waals surface area contributed by atoms with Gasteiger partial charge in [-0.2, -0.15) is 0 Å². The van der Waals surface area contributed by atoms with E-state index in [1.807, 2.05) is 13.0 Å². The van der Waals surface area contributed by atoms with E-state index in [1.165, 1.54) is 0 Å². The Bertz CT molecular complexity index is 369. The van der Waals surface area contributed by atoms with Gasteiger partial charge < -0.3 is 10.1 Å². The molecule has 0 aliphatic heterocycles. The van der Waals surface area contributed by atoms with E-state index in [1.54, 1.807) is 13.1 Å². The van der Waals surface area contributed by atoms with Crippen molar-refractivity contribution in [2.45, 2.75) is 20.3 Å². The summed E-state index contributed by atoms with van der Waals surface area (Å²) < 4.78 is 5.77. The summed E-state index contributed by atoms with van der Waals surface area (Å²) in [7, 11) is 0. The van der Waals surface area contributed by atoms with Crippen LogP contribution in [0.15, 0.2) is 16.7 Å². The molecule has 0 saturated heterocycles. The number of nitrogens with zero attached hydrogens (tertiary/aromatic N) is 1. The highest BCUT2D eigenvalue weighted by molar-refractivity contribution is 9.10. The number of aromatic nitrogens is 1. The number of hydrogen-bond donors (Lipinski definition) is 1. The van der Waals surface area contributed by atoms with Gasteiger partial charge in [-0.3, -0.25) is 4.79 Å². The van der Waals surface area contributed by atoms with Crippen LogP contribution in [0.5, 0.6) is 0 Å². The lowest BCUT2D eigenvalue weighted by Crippen LogP contribution is -2.12. The standard InChI is InChI=1S/C11H15BrN2O2/c1-3-16-10(15)4-5-13-11-8(2)6-9(12)7-14-11/h6-7H,3-5H2,1-2H3,(H,13,14). The molecule has 1 heterocycles. The number of anilines is 1. The predicted molar refractivity (Wildman–Crippen MR) is 66.4 cm³/mol. The Hall–Kier alpha value is -1.10. The van der Waals surface area contributed by atoms with Crippen LogP contribution in [-0.4, -0.2) is 24.1 Å². The molecule has 0 fully saturated rings. The zero-order valence-corrected chi connectivity index (χ0v) is 11.0. The Morgan fingerprint density at radius 3 is 3.00 bits per heavy atom. The highest BCUT2D eigenvalue weighted by atomic mass is 79.9. The average molecular weight is 287 g/mol. The molecular formula is C11H15BrN2O2. The summed E-state index contributed by atoms with van der Waals surface area (Å²) in [4.78, 5) is 15.3. The van der Waals surface area contributed by atoms with E-state index in [0.717, 1.165) is 15.9 Å². The molecule has 0 saturated carbocycles. The summed E-state index contributed by atoms with van der Waals surface area (Å²) >= 11 is 3.34. The molecule has 1 aromatic rings. The molecule has 1 N–H and O–H groups in total. The summed E-state index contributed by atoms with van der Waals surface area (Å²) in [5, 5.41) is 3.10. The second-order valence-corrected chi connectivity index (χ2v) is 4.22. The van der Waals surface area contributed by atoms with Gasteiger partial charge in [0.1, 0.15) is 5.82 Å². The Balaban J connectivity index is 2.40. The highest BCUT2D eigenvalue weighted by Gasteiger charge is 2.03. The van der Waals surface area contributed by atoms with Crippen molar-refractivity contribution in [3.05, 3.63) is 22.3 Å². The third-order valence-corrected chi connectivity index (χ3v) is 2.41. The van der Waals surface area contributed by atoms with Crippen LogP contribution < -0.4 is 5.32 Å². The van der Waals surface area contributed by atoms with Gasteiger partial charge in [0.25, 0.3) is 0 Å². The van der Waals surface area contributed by atoms with Crippen molar-refractivity contribution in [2.24, 2.45) is 0 Å². The third kappa shape index (κ3) is 4.18. The van der Waals surface area contributed by atoms with Crippen LogP contribution in [0.4, 0.5) is 5.82 Å². The summed E-state index contributed by atoms with van der Waals surface area (Å²) in [5.74, 6) is 0.609. The van der Waals surface area contributed by atoms with E-state index in [0.29, 0.717) is 19.6 Å². The van der Waals surface area contributed by atoms with Gasteiger partial charge in [-0.15, -0.1) is 0 Å². The molecule has 1 rings (SSSR count). The summed E-state index contributed by atoms with van der Waals surface area (Å²) in [6.45, 7) is 4.72. The van der Waals surface area contributed by atoms with E-state index in [-0.39, 0.29) is 5.97 Å². The molecule has 16 heavy (non-hydrogen) atoms. The average Bonchev–Trinajstić information content (AvgIpc) is 2.22. The van der Waals surface area contributed by atoms with E-state index in [9.17, 15) is 4.79 Å². The molecule has 1 aromatic heterocycles. The molecular weight excluding hydrogens is 272 g/mol. The third-order valence-electron chi connectivity index (χ3n) is 1.97. The quantitative estimate of drug-likeness (QED) is 0.845. The Morgan fingerprint density at radius 1 is 1.62 bits per heavy atom. The Labute approximate surface area is 104 Å². The number of pyridine rings is 1. The molecule has 0 aliphatic rings. The van der Waals surface area contributed by atoms with Gasteiger partial charge in [-0.25, -0.2) is 4.98 Å². The number of rotatable bonds is 5. The van der Waals surface area contributed by atoms with Gasteiger partial charge >= 0.3 is 5.97 Å². The number of carbonyl (C=O) groups excluding carboxylic acids is 1. The van der Waals surface area contributed by atoms with Gasteiger partial charge in [0.2, 0.25) is 0 Å². The second kappa shape index (κ2) is 6.48. The van der Waals surface area contributed by atoms with Crippen molar-refractivity contribution in [1.29, 1.82) is 0 Å². The summed E-state index contributed by atoms with van der Waals surface area (Å²) in [5.41, 5.74) is 1.04. The fourth-order valence-corrected chi connectivity index (χ4v) is 1.69. The molecule has 0 unspecified atom stereocenters. The van der Waals surface area contributed by atoms with Crippen molar-refractivity contribution >= 4 is 27.7 Å². The molecule has 0 aliphatic carbocycles. The van der Waals surface area contributed by atoms with Crippen LogP contribution in [0.1, 0.15) is 18.9 Å². The van der Waals surface area contributed by atoms with Crippen molar-refractivity contribution in [2.75, 3.05) is 18.5 Å². The lowest BCUT2D eigenvalue weighted by Gasteiger charge is -2.08. The SMILES string of the molecule is CCOC(=O)CCNc1ncc(Br)cc1C. The van der Waals surface area contributed by atoms with Crippen molar-refractivity contribution in [3.63, 3.8) is 0 Å². The summed E-state index contributed by atoms with van der Waals surface area (Å²) in [6.07, 6.45) is 2.07. The van der Waals surface area contributed by atoms with Gasteiger partial charge in [0, 0.05) is 17.2 Å². The summed E-state index contributed by atoms with van der Waals surface area (Å²) in [6, 6.07) is 1.97. The first kappa shape index (κ1) is 13.0. The van der Waals surface area contributed by atoms with Crippen LogP contribution in [0.2, 0.25) is 0 Å². The minimum absolute atomic E-state index is 0.190. The van der Waals surface area contributed by atoms with E-state index in [4.69, 9.17) is 4.74 Å². The van der Waals surface area contributed by atoms with E-state index in [2.05, 4.69) is 26.2 Å². The molecule has 0 atom stereocenters. The minimum atomic E-state index is -0.190. The maximum atomic E-state index is 11.1. The maximum Gasteiger partial charge on any atom is 0.307 e. The lowest BCUT2D eigenvalue weighted by atomic mass is 10.3. The van der Waals surface area contributed by atoms with Crippen LogP contribution >= 0.6 is 15.9 Å². The fraction of sp³-hybridized carbons (Fsp3) is 0.455. The highest BCUT2D eigenvalue weighted by Crippen LogP contribution is 2.16.